The summed E-state index contributed by atoms with van der Waals surface area (Å²) < 4.78 is 6.80. The van der Waals surface area contributed by atoms with E-state index in [1.807, 2.05) is 37.3 Å². The molecule has 1 aromatic heterocycles. The highest BCUT2D eigenvalue weighted by molar-refractivity contribution is 5.82. The van der Waals surface area contributed by atoms with Crippen LogP contribution in [0.1, 0.15) is 11.3 Å². The zero-order valence-corrected chi connectivity index (χ0v) is 12.0. The Morgan fingerprint density at radius 2 is 2.05 bits per heavy atom. The number of nitrogen functional groups attached to an aromatic ring is 1. The number of nitrogens with one attached hydrogen (secondary N) is 1. The molecule has 0 amide bonds. The molecule has 6 nitrogen and oxygen atoms in total. The van der Waals surface area contributed by atoms with E-state index in [2.05, 4.69) is 15.4 Å². The number of amidine groups is 1. The summed E-state index contributed by atoms with van der Waals surface area (Å²) in [4.78, 5) is 4.19. The predicted octanol–water partition coefficient (Wildman–Crippen LogP) is 1.71. The molecule has 3 N–H and O–H groups in total. The molecule has 0 fully saturated rings. The van der Waals surface area contributed by atoms with Gasteiger partial charge in [-0.15, -0.1) is 0 Å². The highest BCUT2D eigenvalue weighted by atomic mass is 16.5. The molecule has 0 spiro atoms. The Bertz CT molecular complexity index is 715. The molecule has 0 bridgehead atoms. The lowest BCUT2D eigenvalue weighted by Gasteiger charge is -2.13. The number of hydrogen-bond acceptors (Lipinski definition) is 5. The van der Waals surface area contributed by atoms with Crippen molar-refractivity contribution in [3.63, 3.8) is 0 Å². The van der Waals surface area contributed by atoms with Gasteiger partial charge >= 0.3 is 0 Å². The predicted molar refractivity (Wildman–Crippen MR) is 83.1 cm³/mol. The van der Waals surface area contributed by atoms with Gasteiger partial charge in [-0.1, -0.05) is 18.2 Å². The van der Waals surface area contributed by atoms with Crippen LogP contribution in [0.5, 0.6) is 0 Å². The van der Waals surface area contributed by atoms with E-state index >= 15 is 0 Å². The smallest absolute Gasteiger partial charge is 0.289 e. The number of nitrogens with zero attached hydrogens (tertiary/aromatic N) is 3. The van der Waals surface area contributed by atoms with E-state index in [1.54, 1.807) is 18.0 Å². The van der Waals surface area contributed by atoms with E-state index in [0.29, 0.717) is 18.4 Å². The normalized spacial score (nSPS) is 14.2. The summed E-state index contributed by atoms with van der Waals surface area (Å²) in [5, 5.41) is 7.71. The number of rotatable bonds is 2. The minimum absolute atomic E-state index is 0.506. The van der Waals surface area contributed by atoms with Crippen molar-refractivity contribution >= 4 is 17.4 Å². The van der Waals surface area contributed by atoms with E-state index in [9.17, 15) is 0 Å². The molecule has 21 heavy (non-hydrogen) atoms. The van der Waals surface area contributed by atoms with Crippen LogP contribution in [0.3, 0.4) is 0 Å². The lowest BCUT2D eigenvalue weighted by atomic mass is 10.1. The number of aliphatic imine (C=N–C) groups is 1. The number of hydrogen-bond donors (Lipinski definition) is 2. The Kier molecular flexibility index (Phi) is 3.35. The summed E-state index contributed by atoms with van der Waals surface area (Å²) >= 11 is 0. The van der Waals surface area contributed by atoms with Crippen molar-refractivity contribution in [1.29, 1.82) is 0 Å². The summed E-state index contributed by atoms with van der Waals surface area (Å²) in [6.45, 7) is 2.58. The minimum atomic E-state index is 0.506. The number of methoxy groups -OCH3 is 1. The van der Waals surface area contributed by atoms with Crippen LogP contribution >= 0.6 is 0 Å². The van der Waals surface area contributed by atoms with Crippen molar-refractivity contribution < 1.29 is 4.74 Å². The maximum absolute atomic E-state index is 6.19. The molecule has 108 valence electrons. The molecule has 0 aliphatic carbocycles. The average Bonchev–Trinajstić information content (AvgIpc) is 2.84. The first-order valence-corrected chi connectivity index (χ1v) is 6.66. The lowest BCUT2D eigenvalue weighted by molar-refractivity contribution is 0.382. The zero-order chi connectivity index (χ0) is 14.8. The summed E-state index contributed by atoms with van der Waals surface area (Å²) in [5.41, 5.74) is 9.91. The van der Waals surface area contributed by atoms with Gasteiger partial charge in [0.2, 0.25) is 0 Å². The molecule has 1 aliphatic heterocycles. The molecule has 6 heteroatoms. The second-order valence-corrected chi connectivity index (χ2v) is 4.75. The van der Waals surface area contributed by atoms with Gasteiger partial charge in [0.15, 0.2) is 0 Å². The first kappa shape index (κ1) is 13.2. The maximum atomic E-state index is 6.19. The molecule has 0 saturated carbocycles. The minimum Gasteiger partial charge on any atom is -0.468 e. The Labute approximate surface area is 122 Å². The van der Waals surface area contributed by atoms with E-state index in [4.69, 9.17) is 10.5 Å². The molecule has 2 heterocycles. The molecule has 0 atom stereocenters. The zero-order valence-electron chi connectivity index (χ0n) is 12.0. The monoisotopic (exact) mass is 283 g/mol. The fourth-order valence-corrected chi connectivity index (χ4v) is 2.25. The standard InChI is InChI=1S/C15H17N5O/c1-10-13(11-8-17-15(21-2)18-9-11)19-20(14(10)16)12-6-4-3-5-7-12/h3-8H,9,16H2,1-2H3,(H,17,18). The average molecular weight is 283 g/mol. The van der Waals surface area contributed by atoms with Gasteiger partial charge in [-0.3, -0.25) is 0 Å². The first-order chi connectivity index (χ1) is 10.2. The summed E-state index contributed by atoms with van der Waals surface area (Å²) in [7, 11) is 1.58. The fourth-order valence-electron chi connectivity index (χ4n) is 2.25. The van der Waals surface area contributed by atoms with Gasteiger partial charge in [0.25, 0.3) is 6.02 Å². The topological polar surface area (TPSA) is 77.5 Å². The van der Waals surface area contributed by atoms with Gasteiger partial charge in [-0.05, 0) is 19.1 Å². The Morgan fingerprint density at radius 3 is 2.67 bits per heavy atom. The van der Waals surface area contributed by atoms with Gasteiger partial charge in [0.05, 0.1) is 18.5 Å². The van der Waals surface area contributed by atoms with Crippen LogP contribution in [-0.2, 0) is 4.74 Å². The molecule has 2 aromatic rings. The van der Waals surface area contributed by atoms with Crippen LogP contribution in [-0.4, -0.2) is 29.5 Å². The van der Waals surface area contributed by atoms with Crippen LogP contribution < -0.4 is 11.1 Å². The summed E-state index contributed by atoms with van der Waals surface area (Å²) in [6, 6.07) is 10.3. The van der Waals surface area contributed by atoms with Gasteiger partial charge in [0.1, 0.15) is 5.82 Å². The van der Waals surface area contributed by atoms with Crippen LogP contribution in [0.4, 0.5) is 5.82 Å². The van der Waals surface area contributed by atoms with Crippen LogP contribution in [0.2, 0.25) is 0 Å². The number of anilines is 1. The summed E-state index contributed by atoms with van der Waals surface area (Å²) in [6.07, 6.45) is 1.76. The number of ether oxygens (including phenoxy) is 1. The van der Waals surface area contributed by atoms with Crippen LogP contribution in [0.15, 0.2) is 41.5 Å². The molecule has 0 radical (unpaired) electrons. The largest absolute Gasteiger partial charge is 0.468 e. The van der Waals surface area contributed by atoms with Crippen molar-refractivity contribution in [3.05, 3.63) is 47.8 Å². The lowest BCUT2D eigenvalue weighted by Crippen LogP contribution is -2.29. The van der Waals surface area contributed by atoms with Crippen molar-refractivity contribution in [2.45, 2.75) is 6.92 Å². The first-order valence-electron chi connectivity index (χ1n) is 6.66. The number of para-hydroxylation sites is 1. The summed E-state index contributed by atoms with van der Waals surface area (Å²) in [5.74, 6) is 0.638. The number of aromatic nitrogens is 2. The second kappa shape index (κ2) is 5.32. The highest BCUT2D eigenvalue weighted by Gasteiger charge is 2.18. The Morgan fingerprint density at radius 1 is 1.29 bits per heavy atom. The van der Waals surface area contributed by atoms with Crippen LogP contribution in [0, 0.1) is 6.92 Å². The molecule has 1 aromatic carbocycles. The van der Waals surface area contributed by atoms with Gasteiger partial charge < -0.3 is 15.8 Å². The van der Waals surface area contributed by atoms with E-state index < -0.39 is 0 Å². The third-order valence-corrected chi connectivity index (χ3v) is 3.43. The molecule has 1 aliphatic rings. The van der Waals surface area contributed by atoms with Crippen molar-refractivity contribution in [3.8, 4) is 5.69 Å². The SMILES string of the molecule is COC1=NC=C(c2nn(-c3ccccc3)c(N)c2C)CN1. The Hall–Kier alpha value is -2.76. The second-order valence-electron chi connectivity index (χ2n) is 4.75. The van der Waals surface area contributed by atoms with Crippen molar-refractivity contribution in [2.24, 2.45) is 4.99 Å². The fraction of sp³-hybridized carbons (Fsp3) is 0.200. The molecular formula is C15H17N5O. The molecule has 0 saturated heterocycles. The third kappa shape index (κ3) is 2.35. The van der Waals surface area contributed by atoms with E-state index in [0.717, 1.165) is 22.5 Å². The number of benzene rings is 1. The van der Waals surface area contributed by atoms with Gasteiger partial charge in [0, 0.05) is 23.9 Å². The van der Waals surface area contributed by atoms with Crippen molar-refractivity contribution in [1.82, 2.24) is 15.1 Å². The van der Waals surface area contributed by atoms with Crippen molar-refractivity contribution in [2.75, 3.05) is 19.4 Å². The Balaban J connectivity index is 2.02. The molecular weight excluding hydrogens is 266 g/mol. The molecule has 0 unspecified atom stereocenters. The number of nitrogens with two attached hydrogens (primary N) is 1. The maximum Gasteiger partial charge on any atom is 0.289 e. The van der Waals surface area contributed by atoms with E-state index in [1.165, 1.54) is 0 Å². The quantitative estimate of drug-likeness (QED) is 0.879. The molecule has 3 rings (SSSR count). The third-order valence-electron chi connectivity index (χ3n) is 3.43. The van der Waals surface area contributed by atoms with Gasteiger partial charge in [-0.2, -0.15) is 5.10 Å². The highest BCUT2D eigenvalue weighted by Crippen LogP contribution is 2.26. The van der Waals surface area contributed by atoms with E-state index in [-0.39, 0.29) is 0 Å². The van der Waals surface area contributed by atoms with Gasteiger partial charge in [-0.25, -0.2) is 9.67 Å². The van der Waals surface area contributed by atoms with Crippen LogP contribution in [0.25, 0.3) is 11.3 Å².